The molecule has 0 radical (unpaired) electrons. The molecular formula is C15H26N4. The Morgan fingerprint density at radius 2 is 1.95 bits per heavy atom. The van der Waals surface area contributed by atoms with Crippen LogP contribution in [0.15, 0.2) is 0 Å². The highest BCUT2D eigenvalue weighted by Gasteiger charge is 2.26. The lowest BCUT2D eigenvalue weighted by Crippen LogP contribution is -2.41. The summed E-state index contributed by atoms with van der Waals surface area (Å²) in [7, 11) is 0. The molecule has 0 aliphatic carbocycles. The van der Waals surface area contributed by atoms with E-state index < -0.39 is 0 Å². The molecule has 1 saturated heterocycles. The summed E-state index contributed by atoms with van der Waals surface area (Å²) in [5, 5.41) is 0. The third-order valence-electron chi connectivity index (χ3n) is 4.10. The number of nitrogens with two attached hydrogens (primary N) is 1. The van der Waals surface area contributed by atoms with Crippen LogP contribution in [0.25, 0.3) is 0 Å². The summed E-state index contributed by atoms with van der Waals surface area (Å²) in [5.41, 5.74) is 7.08. The van der Waals surface area contributed by atoms with E-state index in [9.17, 15) is 0 Å². The van der Waals surface area contributed by atoms with E-state index in [0.717, 1.165) is 29.7 Å². The highest BCUT2D eigenvalue weighted by molar-refractivity contribution is 5.57. The fourth-order valence-corrected chi connectivity index (χ4v) is 2.80. The van der Waals surface area contributed by atoms with Crippen LogP contribution in [0.4, 0.5) is 11.6 Å². The Kier molecular flexibility index (Phi) is 3.97. The maximum Gasteiger partial charge on any atom is 0.137 e. The highest BCUT2D eigenvalue weighted by Crippen LogP contribution is 2.31. The van der Waals surface area contributed by atoms with Crippen LogP contribution in [0.5, 0.6) is 0 Å². The van der Waals surface area contributed by atoms with E-state index in [0.29, 0.717) is 17.8 Å². The van der Waals surface area contributed by atoms with Gasteiger partial charge in [-0.25, -0.2) is 9.97 Å². The third-order valence-corrected chi connectivity index (χ3v) is 4.10. The van der Waals surface area contributed by atoms with Crippen LogP contribution in [-0.4, -0.2) is 22.6 Å². The van der Waals surface area contributed by atoms with Crippen molar-refractivity contribution in [2.45, 2.75) is 59.4 Å². The first-order chi connectivity index (χ1) is 8.90. The molecule has 2 N–H and O–H groups in total. The minimum atomic E-state index is 0.306. The van der Waals surface area contributed by atoms with E-state index >= 15 is 0 Å². The second-order valence-corrected chi connectivity index (χ2v) is 6.24. The average Bonchev–Trinajstić information content (AvgIpc) is 2.33. The van der Waals surface area contributed by atoms with Gasteiger partial charge in [0.1, 0.15) is 17.5 Å². The summed E-state index contributed by atoms with van der Waals surface area (Å²) in [5.74, 6) is 3.62. The summed E-state index contributed by atoms with van der Waals surface area (Å²) in [6.07, 6.45) is 2.45. The fourth-order valence-electron chi connectivity index (χ4n) is 2.80. The van der Waals surface area contributed by atoms with Crippen LogP contribution in [0, 0.1) is 12.8 Å². The van der Waals surface area contributed by atoms with Crippen molar-refractivity contribution in [1.82, 2.24) is 9.97 Å². The van der Waals surface area contributed by atoms with Crippen molar-refractivity contribution in [2.75, 3.05) is 17.2 Å². The zero-order valence-electron chi connectivity index (χ0n) is 12.8. The molecule has 2 atom stereocenters. The molecule has 4 heteroatoms. The van der Waals surface area contributed by atoms with Gasteiger partial charge in [0.2, 0.25) is 0 Å². The van der Waals surface area contributed by atoms with E-state index in [4.69, 9.17) is 10.7 Å². The Morgan fingerprint density at radius 3 is 2.53 bits per heavy atom. The minimum absolute atomic E-state index is 0.306. The first kappa shape index (κ1) is 14.1. The van der Waals surface area contributed by atoms with Gasteiger partial charge in [0.05, 0.1) is 0 Å². The second-order valence-electron chi connectivity index (χ2n) is 6.24. The number of hydrogen-bond donors (Lipinski definition) is 1. The van der Waals surface area contributed by atoms with Crippen molar-refractivity contribution in [3.8, 4) is 0 Å². The maximum atomic E-state index is 6.06. The van der Waals surface area contributed by atoms with Crippen LogP contribution in [-0.2, 0) is 0 Å². The Balaban J connectivity index is 2.38. The first-order valence-corrected chi connectivity index (χ1v) is 7.30. The zero-order chi connectivity index (χ0) is 14.2. The van der Waals surface area contributed by atoms with Crippen LogP contribution in [0.3, 0.4) is 0 Å². The molecule has 1 aromatic heterocycles. The van der Waals surface area contributed by atoms with E-state index in [1.54, 1.807) is 0 Å². The lowest BCUT2D eigenvalue weighted by molar-refractivity contribution is 0.375. The number of nitrogens with zero attached hydrogens (tertiary/aromatic N) is 3. The van der Waals surface area contributed by atoms with Gasteiger partial charge < -0.3 is 10.6 Å². The van der Waals surface area contributed by atoms with Crippen molar-refractivity contribution in [2.24, 2.45) is 5.92 Å². The molecule has 0 bridgehead atoms. The van der Waals surface area contributed by atoms with E-state index in [1.807, 2.05) is 6.92 Å². The molecule has 4 nitrogen and oxygen atoms in total. The number of hydrogen-bond acceptors (Lipinski definition) is 4. The highest BCUT2D eigenvalue weighted by atomic mass is 15.2. The van der Waals surface area contributed by atoms with E-state index in [1.165, 1.54) is 12.8 Å². The topological polar surface area (TPSA) is 55.0 Å². The molecule has 19 heavy (non-hydrogen) atoms. The molecule has 2 unspecified atom stereocenters. The van der Waals surface area contributed by atoms with Crippen molar-refractivity contribution in [1.29, 1.82) is 0 Å². The van der Waals surface area contributed by atoms with Gasteiger partial charge in [-0.2, -0.15) is 0 Å². The van der Waals surface area contributed by atoms with Gasteiger partial charge >= 0.3 is 0 Å². The molecule has 1 fully saturated rings. The van der Waals surface area contributed by atoms with Crippen LogP contribution < -0.4 is 10.6 Å². The van der Waals surface area contributed by atoms with Gasteiger partial charge in [-0.15, -0.1) is 0 Å². The second kappa shape index (κ2) is 5.35. The average molecular weight is 262 g/mol. The molecule has 0 aromatic carbocycles. The summed E-state index contributed by atoms with van der Waals surface area (Å²) < 4.78 is 0. The Labute approximate surface area is 116 Å². The van der Waals surface area contributed by atoms with Crippen molar-refractivity contribution in [3.05, 3.63) is 11.4 Å². The molecule has 0 spiro atoms. The quantitative estimate of drug-likeness (QED) is 0.889. The minimum Gasteiger partial charge on any atom is -0.383 e. The zero-order valence-corrected chi connectivity index (χ0v) is 12.8. The SMILES string of the molecule is Cc1c(N)nc(C(C)C)nc1N1CCC(C)CC1C. The Hall–Kier alpha value is -1.32. The normalized spacial score (nSPS) is 24.0. The maximum absolute atomic E-state index is 6.06. The summed E-state index contributed by atoms with van der Waals surface area (Å²) in [6, 6.07) is 0.525. The molecule has 1 aromatic rings. The number of piperidine rings is 1. The van der Waals surface area contributed by atoms with Gasteiger partial charge in [-0.05, 0) is 32.6 Å². The van der Waals surface area contributed by atoms with E-state index in [2.05, 4.69) is 37.6 Å². The summed E-state index contributed by atoms with van der Waals surface area (Å²) in [4.78, 5) is 11.6. The molecule has 0 amide bonds. The van der Waals surface area contributed by atoms with Gasteiger partial charge in [0, 0.05) is 24.1 Å². The molecular weight excluding hydrogens is 236 g/mol. The lowest BCUT2D eigenvalue weighted by atomic mass is 9.93. The summed E-state index contributed by atoms with van der Waals surface area (Å²) in [6.45, 7) is 11.9. The monoisotopic (exact) mass is 262 g/mol. The Morgan fingerprint density at radius 1 is 1.26 bits per heavy atom. The first-order valence-electron chi connectivity index (χ1n) is 7.30. The van der Waals surface area contributed by atoms with Gasteiger partial charge in [-0.3, -0.25) is 0 Å². The van der Waals surface area contributed by atoms with Gasteiger partial charge in [0.15, 0.2) is 0 Å². The molecule has 2 heterocycles. The van der Waals surface area contributed by atoms with E-state index in [-0.39, 0.29) is 0 Å². The van der Waals surface area contributed by atoms with Crippen molar-refractivity contribution < 1.29 is 0 Å². The largest absolute Gasteiger partial charge is 0.383 e. The van der Waals surface area contributed by atoms with Crippen LogP contribution in [0.2, 0.25) is 0 Å². The smallest absolute Gasteiger partial charge is 0.137 e. The summed E-state index contributed by atoms with van der Waals surface area (Å²) >= 11 is 0. The molecule has 106 valence electrons. The van der Waals surface area contributed by atoms with Crippen LogP contribution >= 0.6 is 0 Å². The predicted molar refractivity (Wildman–Crippen MR) is 80.5 cm³/mol. The Bertz CT molecular complexity index is 456. The number of anilines is 2. The molecule has 1 aliphatic heterocycles. The number of nitrogen functional groups attached to an aromatic ring is 1. The van der Waals surface area contributed by atoms with Gasteiger partial charge in [0.25, 0.3) is 0 Å². The number of aromatic nitrogens is 2. The fraction of sp³-hybridized carbons (Fsp3) is 0.733. The number of rotatable bonds is 2. The molecule has 0 saturated carbocycles. The van der Waals surface area contributed by atoms with Crippen molar-refractivity contribution >= 4 is 11.6 Å². The van der Waals surface area contributed by atoms with Crippen molar-refractivity contribution in [3.63, 3.8) is 0 Å². The molecule has 1 aliphatic rings. The predicted octanol–water partition coefficient (Wildman–Crippen LogP) is 3.12. The molecule has 2 rings (SSSR count). The van der Waals surface area contributed by atoms with Gasteiger partial charge in [-0.1, -0.05) is 20.8 Å². The van der Waals surface area contributed by atoms with Crippen LogP contribution in [0.1, 0.15) is 57.8 Å². The lowest BCUT2D eigenvalue weighted by Gasteiger charge is -2.38. The standard InChI is InChI=1S/C15H26N4/c1-9(2)14-17-13(16)12(5)15(18-14)19-7-6-10(3)8-11(19)4/h9-11H,6-8H2,1-5H3,(H2,16,17,18). The third kappa shape index (κ3) is 2.82.